The first kappa shape index (κ1) is 13.8. The van der Waals surface area contributed by atoms with Crippen molar-refractivity contribution in [3.8, 4) is 0 Å². The van der Waals surface area contributed by atoms with E-state index in [0.29, 0.717) is 24.8 Å². The van der Waals surface area contributed by atoms with Crippen molar-refractivity contribution in [3.63, 3.8) is 0 Å². The van der Waals surface area contributed by atoms with Crippen LogP contribution >= 0.6 is 0 Å². The van der Waals surface area contributed by atoms with Gasteiger partial charge >= 0.3 is 0 Å². The summed E-state index contributed by atoms with van der Waals surface area (Å²) in [5, 5.41) is 3.94. The van der Waals surface area contributed by atoms with Gasteiger partial charge in [-0.1, -0.05) is 20.8 Å². The van der Waals surface area contributed by atoms with E-state index in [0.717, 1.165) is 0 Å². The molecule has 1 amide bonds. The topological polar surface area (TPSA) is 94.5 Å². The number of methoxy groups -OCH3 is 1. The van der Waals surface area contributed by atoms with Gasteiger partial charge in [-0.15, -0.1) is 0 Å². The van der Waals surface area contributed by atoms with Gasteiger partial charge in [-0.2, -0.15) is 4.98 Å². The Bertz CT molecular complexity index is 466. The van der Waals surface area contributed by atoms with E-state index in [1.807, 2.05) is 20.8 Å². The highest BCUT2D eigenvalue weighted by atomic mass is 16.5. The molecule has 2 heterocycles. The molecule has 106 valence electrons. The molecule has 1 aliphatic rings. The van der Waals surface area contributed by atoms with Crippen molar-refractivity contribution in [2.24, 2.45) is 5.73 Å². The minimum absolute atomic E-state index is 0.0471. The second kappa shape index (κ2) is 4.80. The average Bonchev–Trinajstić information content (AvgIpc) is 2.94. The van der Waals surface area contributed by atoms with Crippen LogP contribution in [-0.2, 0) is 14.9 Å². The fraction of sp³-hybridized carbons (Fsp3) is 0.750. The molecular weight excluding hydrogens is 248 g/mol. The van der Waals surface area contributed by atoms with Gasteiger partial charge < -0.3 is 19.9 Å². The molecule has 2 rings (SSSR count). The van der Waals surface area contributed by atoms with Crippen LogP contribution in [0.3, 0.4) is 0 Å². The molecule has 2 N–H and O–H groups in total. The summed E-state index contributed by atoms with van der Waals surface area (Å²) in [7, 11) is 1.61. The van der Waals surface area contributed by atoms with E-state index in [1.165, 1.54) is 0 Å². The zero-order valence-electron chi connectivity index (χ0n) is 11.7. The number of anilines is 1. The predicted octanol–water partition coefficient (Wildman–Crippen LogP) is 0.446. The zero-order chi connectivity index (χ0) is 14.2. The molecule has 0 aliphatic carbocycles. The van der Waals surface area contributed by atoms with E-state index in [-0.39, 0.29) is 11.5 Å². The maximum atomic E-state index is 11.5. The van der Waals surface area contributed by atoms with Gasteiger partial charge in [-0.05, 0) is 5.16 Å². The van der Waals surface area contributed by atoms with Crippen molar-refractivity contribution in [1.82, 2.24) is 10.1 Å². The van der Waals surface area contributed by atoms with E-state index in [4.69, 9.17) is 15.0 Å². The fourth-order valence-corrected chi connectivity index (χ4v) is 2.10. The molecule has 0 saturated carbocycles. The third kappa shape index (κ3) is 2.70. The molecule has 1 fully saturated rings. The summed E-state index contributed by atoms with van der Waals surface area (Å²) in [5.74, 6) is 0.529. The first-order chi connectivity index (χ1) is 8.82. The van der Waals surface area contributed by atoms with Crippen LogP contribution in [0, 0.1) is 0 Å². The quantitative estimate of drug-likeness (QED) is 0.855. The lowest BCUT2D eigenvalue weighted by atomic mass is 9.97. The molecule has 7 heteroatoms. The third-order valence-electron chi connectivity index (χ3n) is 3.24. The lowest BCUT2D eigenvalue weighted by Gasteiger charge is -2.19. The fourth-order valence-electron chi connectivity index (χ4n) is 2.10. The number of primary amides is 1. The van der Waals surface area contributed by atoms with Crippen LogP contribution < -0.4 is 10.6 Å². The van der Waals surface area contributed by atoms with Gasteiger partial charge in [0.25, 0.3) is 5.95 Å². The van der Waals surface area contributed by atoms with Crippen molar-refractivity contribution in [1.29, 1.82) is 0 Å². The Kier molecular flexibility index (Phi) is 3.49. The predicted molar refractivity (Wildman–Crippen MR) is 68.7 cm³/mol. The number of hydrogen-bond acceptors (Lipinski definition) is 6. The Labute approximate surface area is 112 Å². The summed E-state index contributed by atoms with van der Waals surface area (Å²) < 4.78 is 10.5. The largest absolute Gasteiger partial charge is 0.380 e. The lowest BCUT2D eigenvalue weighted by molar-refractivity contribution is -0.119. The molecule has 0 aromatic carbocycles. The Morgan fingerprint density at radius 1 is 1.53 bits per heavy atom. The minimum atomic E-state index is -0.449. The highest BCUT2D eigenvalue weighted by Crippen LogP contribution is 2.27. The summed E-state index contributed by atoms with van der Waals surface area (Å²) in [6.07, 6.45) is 0.500. The van der Waals surface area contributed by atoms with Gasteiger partial charge in [0.2, 0.25) is 11.8 Å². The molecule has 1 aliphatic heterocycles. The van der Waals surface area contributed by atoms with Crippen LogP contribution in [0.2, 0.25) is 0 Å². The number of amides is 1. The summed E-state index contributed by atoms with van der Waals surface area (Å²) in [6.45, 7) is 6.49. The van der Waals surface area contributed by atoms with Crippen molar-refractivity contribution < 1.29 is 14.1 Å². The summed E-state index contributed by atoms with van der Waals surface area (Å²) in [4.78, 5) is 17.6. The van der Waals surface area contributed by atoms with Gasteiger partial charge in [-0.3, -0.25) is 4.79 Å². The van der Waals surface area contributed by atoms with Crippen LogP contribution in [0.15, 0.2) is 4.52 Å². The molecule has 2 atom stereocenters. The monoisotopic (exact) mass is 268 g/mol. The lowest BCUT2D eigenvalue weighted by Crippen LogP contribution is -2.40. The number of rotatable bonds is 3. The van der Waals surface area contributed by atoms with Crippen molar-refractivity contribution in [3.05, 3.63) is 5.89 Å². The van der Waals surface area contributed by atoms with Gasteiger partial charge in [0.15, 0.2) is 0 Å². The third-order valence-corrected chi connectivity index (χ3v) is 3.24. The highest BCUT2D eigenvalue weighted by Gasteiger charge is 2.38. The molecular formula is C12H20N4O3. The minimum Gasteiger partial charge on any atom is -0.380 e. The number of carbonyl (C=O) groups is 1. The van der Waals surface area contributed by atoms with Crippen LogP contribution in [0.4, 0.5) is 5.95 Å². The number of nitrogens with zero attached hydrogens (tertiary/aromatic N) is 3. The van der Waals surface area contributed by atoms with E-state index < -0.39 is 11.9 Å². The Morgan fingerprint density at radius 2 is 2.21 bits per heavy atom. The zero-order valence-corrected chi connectivity index (χ0v) is 11.7. The first-order valence-corrected chi connectivity index (χ1v) is 6.26. The highest BCUT2D eigenvalue weighted by molar-refractivity contribution is 5.83. The van der Waals surface area contributed by atoms with Crippen molar-refractivity contribution in [2.75, 3.05) is 18.6 Å². The standard InChI is InChI=1S/C12H20N4O3/c1-12(2,3)10-14-11(15-19-10)16-6-7(18-4)5-8(16)9(13)17/h7-8H,5-6H2,1-4H3,(H2,13,17)/t7-,8-/m0/s1. The Morgan fingerprint density at radius 3 is 2.68 bits per heavy atom. The maximum absolute atomic E-state index is 11.5. The molecule has 0 bridgehead atoms. The summed E-state index contributed by atoms with van der Waals surface area (Å²) in [5.41, 5.74) is 5.18. The maximum Gasteiger partial charge on any atom is 0.266 e. The van der Waals surface area contributed by atoms with Crippen LogP contribution in [-0.4, -0.2) is 41.8 Å². The second-order valence-electron chi connectivity index (χ2n) is 5.81. The molecule has 0 radical (unpaired) electrons. The van der Waals surface area contributed by atoms with Crippen molar-refractivity contribution in [2.45, 2.75) is 44.8 Å². The van der Waals surface area contributed by atoms with Crippen LogP contribution in [0.1, 0.15) is 33.1 Å². The van der Waals surface area contributed by atoms with Gasteiger partial charge in [0, 0.05) is 25.5 Å². The molecule has 19 heavy (non-hydrogen) atoms. The van der Waals surface area contributed by atoms with Gasteiger partial charge in [0.05, 0.1) is 6.10 Å². The van der Waals surface area contributed by atoms with E-state index in [1.54, 1.807) is 12.0 Å². The molecule has 0 unspecified atom stereocenters. The number of carbonyl (C=O) groups excluding carboxylic acids is 1. The van der Waals surface area contributed by atoms with Crippen LogP contribution in [0.25, 0.3) is 0 Å². The number of hydrogen-bond donors (Lipinski definition) is 1. The second-order valence-corrected chi connectivity index (χ2v) is 5.81. The number of nitrogens with two attached hydrogens (primary N) is 1. The summed E-state index contributed by atoms with van der Waals surface area (Å²) >= 11 is 0. The Hall–Kier alpha value is -1.63. The molecule has 1 saturated heterocycles. The smallest absolute Gasteiger partial charge is 0.266 e. The van der Waals surface area contributed by atoms with Crippen molar-refractivity contribution >= 4 is 11.9 Å². The first-order valence-electron chi connectivity index (χ1n) is 6.26. The Balaban J connectivity index is 2.24. The molecule has 0 spiro atoms. The van der Waals surface area contributed by atoms with E-state index >= 15 is 0 Å². The summed E-state index contributed by atoms with van der Waals surface area (Å²) in [6, 6.07) is -0.449. The number of aromatic nitrogens is 2. The van der Waals surface area contributed by atoms with Gasteiger partial charge in [-0.25, -0.2) is 0 Å². The molecule has 1 aromatic rings. The molecule has 1 aromatic heterocycles. The van der Waals surface area contributed by atoms with E-state index in [9.17, 15) is 4.79 Å². The molecule has 7 nitrogen and oxygen atoms in total. The number of ether oxygens (including phenoxy) is 1. The van der Waals surface area contributed by atoms with Gasteiger partial charge in [0.1, 0.15) is 6.04 Å². The van der Waals surface area contributed by atoms with E-state index in [2.05, 4.69) is 10.1 Å². The average molecular weight is 268 g/mol. The van der Waals surface area contributed by atoms with Crippen LogP contribution in [0.5, 0.6) is 0 Å². The normalized spacial score (nSPS) is 23.9. The SMILES string of the molecule is CO[C@H]1C[C@@H](C(N)=O)N(c2noc(C(C)(C)C)n2)C1.